The van der Waals surface area contributed by atoms with Gasteiger partial charge in [0, 0.05) is 12.5 Å². The number of aliphatic carboxylic acids is 1. The second kappa shape index (κ2) is 4.99. The molecule has 0 fully saturated rings. The smallest absolute Gasteiger partial charge is 0.303 e. The van der Waals surface area contributed by atoms with E-state index < -0.39 is 5.97 Å². The van der Waals surface area contributed by atoms with Crippen LogP contribution < -0.4 is 5.73 Å². The van der Waals surface area contributed by atoms with Crippen molar-refractivity contribution >= 4 is 23.0 Å². The van der Waals surface area contributed by atoms with Crippen LogP contribution in [0.25, 0.3) is 11.2 Å². The van der Waals surface area contributed by atoms with Crippen molar-refractivity contribution in [2.75, 3.05) is 5.73 Å². The predicted octanol–water partition coefficient (Wildman–Crippen LogP) is 1.22. The maximum atomic E-state index is 10.6. The summed E-state index contributed by atoms with van der Waals surface area (Å²) in [6.45, 7) is 2.00. The molecule has 7 heteroatoms. The number of fused-ring (bicyclic) bond motifs is 1. The Morgan fingerprint density at radius 1 is 1.50 bits per heavy atom. The van der Waals surface area contributed by atoms with E-state index in [0.717, 1.165) is 6.42 Å². The van der Waals surface area contributed by atoms with E-state index >= 15 is 0 Å². The molecular weight excluding hydrogens is 234 g/mol. The third-order valence-corrected chi connectivity index (χ3v) is 2.94. The van der Waals surface area contributed by atoms with Crippen LogP contribution in [0.2, 0.25) is 0 Å². The van der Waals surface area contributed by atoms with Gasteiger partial charge in [-0.1, -0.05) is 6.92 Å². The van der Waals surface area contributed by atoms with Crippen molar-refractivity contribution < 1.29 is 9.90 Å². The van der Waals surface area contributed by atoms with Gasteiger partial charge in [0.2, 0.25) is 0 Å². The van der Waals surface area contributed by atoms with E-state index in [0.29, 0.717) is 23.4 Å². The number of nitrogen functional groups attached to an aromatic ring is 1. The molecule has 0 aliphatic rings. The van der Waals surface area contributed by atoms with E-state index in [1.54, 1.807) is 6.33 Å². The molecule has 0 aromatic carbocycles. The number of carbonyl (C=O) groups is 1. The Morgan fingerprint density at radius 2 is 2.28 bits per heavy atom. The van der Waals surface area contributed by atoms with Crippen LogP contribution in [-0.2, 0) is 4.79 Å². The van der Waals surface area contributed by atoms with Gasteiger partial charge in [0.15, 0.2) is 11.5 Å². The lowest BCUT2D eigenvalue weighted by Crippen LogP contribution is -2.10. The van der Waals surface area contributed by atoms with E-state index in [4.69, 9.17) is 10.8 Å². The molecule has 2 aromatic heterocycles. The third kappa shape index (κ3) is 2.24. The zero-order chi connectivity index (χ0) is 13.1. The van der Waals surface area contributed by atoms with E-state index in [9.17, 15) is 4.79 Å². The first-order valence-corrected chi connectivity index (χ1v) is 5.78. The van der Waals surface area contributed by atoms with Gasteiger partial charge >= 0.3 is 5.97 Å². The van der Waals surface area contributed by atoms with Crippen molar-refractivity contribution in [3.8, 4) is 0 Å². The van der Waals surface area contributed by atoms with Gasteiger partial charge in [-0.2, -0.15) is 0 Å². The molecule has 0 saturated heterocycles. The normalized spacial score (nSPS) is 12.7. The average molecular weight is 249 g/mol. The van der Waals surface area contributed by atoms with E-state index in [-0.39, 0.29) is 12.5 Å². The van der Waals surface area contributed by atoms with E-state index in [1.165, 1.54) is 6.33 Å². The number of carboxylic acids is 1. The summed E-state index contributed by atoms with van der Waals surface area (Å²) in [5.41, 5.74) is 6.93. The fraction of sp³-hybridized carbons (Fsp3) is 0.455. The van der Waals surface area contributed by atoms with Crippen LogP contribution in [0.1, 0.15) is 32.2 Å². The number of nitrogens with two attached hydrogens (primary N) is 1. The highest BCUT2D eigenvalue weighted by molar-refractivity contribution is 5.81. The average Bonchev–Trinajstić information content (AvgIpc) is 2.75. The highest BCUT2D eigenvalue weighted by atomic mass is 16.4. The summed E-state index contributed by atoms with van der Waals surface area (Å²) in [5.74, 6) is -0.459. The molecule has 2 rings (SSSR count). The van der Waals surface area contributed by atoms with Gasteiger partial charge in [0.25, 0.3) is 0 Å². The minimum atomic E-state index is -0.799. The number of aromatic nitrogens is 4. The molecule has 0 spiro atoms. The predicted molar refractivity (Wildman–Crippen MR) is 65.9 cm³/mol. The Kier molecular flexibility index (Phi) is 3.40. The molecule has 0 radical (unpaired) electrons. The number of hydrogen-bond donors (Lipinski definition) is 2. The fourth-order valence-corrected chi connectivity index (χ4v) is 1.97. The van der Waals surface area contributed by atoms with Gasteiger partial charge in [0.05, 0.1) is 6.33 Å². The number of anilines is 1. The summed E-state index contributed by atoms with van der Waals surface area (Å²) < 4.78 is 1.87. The van der Waals surface area contributed by atoms with E-state index in [2.05, 4.69) is 15.0 Å². The lowest BCUT2D eigenvalue weighted by atomic mass is 10.1. The molecule has 0 amide bonds. The summed E-state index contributed by atoms with van der Waals surface area (Å²) in [4.78, 5) is 22.9. The first kappa shape index (κ1) is 12.3. The molecule has 3 N–H and O–H groups in total. The quantitative estimate of drug-likeness (QED) is 0.825. The molecule has 96 valence electrons. The standard InChI is InChI=1S/C11H15N5O2/c1-2-7(3-4-8(17)18)16-6-15-9-10(12)13-5-14-11(9)16/h5-7H,2-4H2,1H3,(H,17,18)(H2,12,13,14). The lowest BCUT2D eigenvalue weighted by molar-refractivity contribution is -0.137. The molecule has 0 bridgehead atoms. The highest BCUT2D eigenvalue weighted by Crippen LogP contribution is 2.23. The van der Waals surface area contributed by atoms with Crippen LogP contribution in [0.15, 0.2) is 12.7 Å². The molecule has 2 heterocycles. The summed E-state index contributed by atoms with van der Waals surface area (Å²) >= 11 is 0. The number of hydrogen-bond acceptors (Lipinski definition) is 5. The molecule has 1 unspecified atom stereocenters. The van der Waals surface area contributed by atoms with Gasteiger partial charge in [-0.05, 0) is 12.8 Å². The topological polar surface area (TPSA) is 107 Å². The van der Waals surface area contributed by atoms with Gasteiger partial charge < -0.3 is 15.4 Å². The Labute approximate surface area is 104 Å². The number of rotatable bonds is 5. The number of nitrogens with zero attached hydrogens (tertiary/aromatic N) is 4. The molecule has 0 aliphatic carbocycles. The van der Waals surface area contributed by atoms with Crippen LogP contribution in [0.4, 0.5) is 5.82 Å². The number of carboxylic acid groups (broad SMARTS) is 1. The van der Waals surface area contributed by atoms with Crippen molar-refractivity contribution in [2.24, 2.45) is 0 Å². The lowest BCUT2D eigenvalue weighted by Gasteiger charge is -2.15. The van der Waals surface area contributed by atoms with Crippen molar-refractivity contribution in [1.29, 1.82) is 0 Å². The Hall–Kier alpha value is -2.18. The van der Waals surface area contributed by atoms with Crippen LogP contribution in [0.3, 0.4) is 0 Å². The second-order valence-corrected chi connectivity index (χ2v) is 4.08. The molecule has 2 aromatic rings. The van der Waals surface area contributed by atoms with Crippen LogP contribution in [0.5, 0.6) is 0 Å². The minimum Gasteiger partial charge on any atom is -0.481 e. The van der Waals surface area contributed by atoms with Crippen molar-refractivity contribution in [3.05, 3.63) is 12.7 Å². The van der Waals surface area contributed by atoms with Gasteiger partial charge in [-0.15, -0.1) is 0 Å². The maximum absolute atomic E-state index is 10.6. The van der Waals surface area contributed by atoms with Gasteiger partial charge in [-0.25, -0.2) is 15.0 Å². The SMILES string of the molecule is CCC(CCC(=O)O)n1cnc2c(N)ncnc21. The second-order valence-electron chi connectivity index (χ2n) is 4.08. The van der Waals surface area contributed by atoms with Crippen LogP contribution >= 0.6 is 0 Å². The molecule has 18 heavy (non-hydrogen) atoms. The molecule has 1 atom stereocenters. The first-order chi connectivity index (χ1) is 8.63. The van der Waals surface area contributed by atoms with Crippen molar-refractivity contribution in [1.82, 2.24) is 19.5 Å². The monoisotopic (exact) mass is 249 g/mol. The summed E-state index contributed by atoms with van der Waals surface area (Å²) in [6, 6.07) is 0.0559. The van der Waals surface area contributed by atoms with Gasteiger partial charge in [-0.3, -0.25) is 4.79 Å². The molecular formula is C11H15N5O2. The number of imidazole rings is 1. The zero-order valence-electron chi connectivity index (χ0n) is 10.1. The highest BCUT2D eigenvalue weighted by Gasteiger charge is 2.16. The Morgan fingerprint density at radius 3 is 2.94 bits per heavy atom. The maximum Gasteiger partial charge on any atom is 0.303 e. The summed E-state index contributed by atoms with van der Waals surface area (Å²) in [7, 11) is 0. The molecule has 0 saturated carbocycles. The van der Waals surface area contributed by atoms with Crippen molar-refractivity contribution in [2.45, 2.75) is 32.2 Å². The van der Waals surface area contributed by atoms with Crippen LogP contribution in [0, 0.1) is 0 Å². The summed E-state index contributed by atoms with van der Waals surface area (Å²) in [5, 5.41) is 8.74. The Bertz CT molecular complexity index is 566. The van der Waals surface area contributed by atoms with E-state index in [1.807, 2.05) is 11.5 Å². The van der Waals surface area contributed by atoms with Crippen molar-refractivity contribution in [3.63, 3.8) is 0 Å². The zero-order valence-corrected chi connectivity index (χ0v) is 10.1. The van der Waals surface area contributed by atoms with Gasteiger partial charge in [0.1, 0.15) is 11.8 Å². The largest absolute Gasteiger partial charge is 0.481 e. The molecule has 0 aliphatic heterocycles. The van der Waals surface area contributed by atoms with Crippen LogP contribution in [-0.4, -0.2) is 30.6 Å². The Balaban J connectivity index is 2.33. The fourth-order valence-electron chi connectivity index (χ4n) is 1.97. The minimum absolute atomic E-state index is 0.0559. The third-order valence-electron chi connectivity index (χ3n) is 2.94. The summed E-state index contributed by atoms with van der Waals surface area (Å²) in [6.07, 6.45) is 4.51. The first-order valence-electron chi connectivity index (χ1n) is 5.78. The molecule has 7 nitrogen and oxygen atoms in total.